The minimum atomic E-state index is -0.372. The Kier molecular flexibility index (Phi) is 2.34. The van der Waals surface area contributed by atoms with Crippen LogP contribution in [-0.4, -0.2) is 20.7 Å². The maximum atomic E-state index is 10.9. The van der Waals surface area contributed by atoms with Gasteiger partial charge in [-0.05, 0) is 26.2 Å². The summed E-state index contributed by atoms with van der Waals surface area (Å²) in [5.74, 6) is 0.530. The van der Waals surface area contributed by atoms with Crippen LogP contribution in [0.15, 0.2) is 0 Å². The maximum absolute atomic E-state index is 10.9. The Morgan fingerprint density at radius 1 is 1.60 bits per heavy atom. The predicted octanol–water partition coefficient (Wildman–Crippen LogP) is 1.60. The Balaban J connectivity index is 2.30. The van der Waals surface area contributed by atoms with Crippen LogP contribution in [0.25, 0.3) is 0 Å². The molecule has 0 aliphatic heterocycles. The minimum absolute atomic E-state index is 0.101. The van der Waals surface area contributed by atoms with Crippen LogP contribution in [0.2, 0.25) is 0 Å². The van der Waals surface area contributed by atoms with Gasteiger partial charge in [-0.3, -0.25) is 10.1 Å². The summed E-state index contributed by atoms with van der Waals surface area (Å²) >= 11 is 0. The first kappa shape index (κ1) is 9.95. The lowest BCUT2D eigenvalue weighted by atomic mass is 9.93. The third kappa shape index (κ3) is 1.67. The van der Waals surface area contributed by atoms with Gasteiger partial charge in [-0.1, -0.05) is 0 Å². The molecule has 1 saturated carbocycles. The van der Waals surface area contributed by atoms with Crippen molar-refractivity contribution < 1.29 is 4.92 Å². The molecule has 0 saturated heterocycles. The summed E-state index contributed by atoms with van der Waals surface area (Å²) in [5, 5.41) is 18.1. The molecule has 82 valence electrons. The Morgan fingerprint density at radius 2 is 2.27 bits per heavy atom. The second-order valence-corrected chi connectivity index (χ2v) is 3.94. The molecule has 15 heavy (non-hydrogen) atoms. The molecule has 1 fully saturated rings. The van der Waals surface area contributed by atoms with Crippen molar-refractivity contribution in [3.8, 4) is 0 Å². The van der Waals surface area contributed by atoms with E-state index in [4.69, 9.17) is 0 Å². The van der Waals surface area contributed by atoms with E-state index in [1.165, 1.54) is 6.42 Å². The van der Waals surface area contributed by atoms with Crippen LogP contribution in [0, 0.1) is 17.0 Å². The van der Waals surface area contributed by atoms with Gasteiger partial charge in [-0.25, -0.2) is 4.68 Å². The molecular formula is C9H14N4O2. The van der Waals surface area contributed by atoms with Crippen molar-refractivity contribution >= 4 is 11.5 Å². The van der Waals surface area contributed by atoms with Gasteiger partial charge in [0, 0.05) is 13.1 Å². The first-order chi connectivity index (χ1) is 7.09. The van der Waals surface area contributed by atoms with Gasteiger partial charge >= 0.3 is 5.69 Å². The number of nitro groups is 1. The highest BCUT2D eigenvalue weighted by Gasteiger charge is 2.27. The van der Waals surface area contributed by atoms with Crippen molar-refractivity contribution in [2.75, 3.05) is 5.32 Å². The van der Waals surface area contributed by atoms with E-state index >= 15 is 0 Å². The standard InChI is InChI=1S/C9H14N4O2/c1-6-8(13(14)15)9(12(2)11-6)10-7-4-3-5-7/h7,10H,3-5H2,1-2H3. The molecule has 1 aliphatic carbocycles. The number of nitrogens with one attached hydrogen (secondary N) is 1. The average molecular weight is 210 g/mol. The molecule has 0 radical (unpaired) electrons. The first-order valence-corrected chi connectivity index (χ1v) is 5.04. The van der Waals surface area contributed by atoms with Crippen LogP contribution in [0.4, 0.5) is 11.5 Å². The summed E-state index contributed by atoms with van der Waals surface area (Å²) in [5.41, 5.74) is 0.564. The fourth-order valence-corrected chi connectivity index (χ4v) is 1.77. The number of hydrogen-bond acceptors (Lipinski definition) is 4. The third-order valence-corrected chi connectivity index (χ3v) is 2.82. The molecule has 1 aliphatic rings. The third-order valence-electron chi connectivity index (χ3n) is 2.82. The molecular weight excluding hydrogens is 196 g/mol. The van der Waals surface area contributed by atoms with Crippen molar-refractivity contribution in [1.82, 2.24) is 9.78 Å². The van der Waals surface area contributed by atoms with Crippen molar-refractivity contribution in [3.05, 3.63) is 15.8 Å². The summed E-state index contributed by atoms with van der Waals surface area (Å²) in [7, 11) is 1.72. The fraction of sp³-hybridized carbons (Fsp3) is 0.667. The maximum Gasteiger partial charge on any atom is 0.333 e. The molecule has 1 heterocycles. The van der Waals surface area contributed by atoms with Gasteiger partial charge < -0.3 is 5.32 Å². The molecule has 6 heteroatoms. The molecule has 6 nitrogen and oxygen atoms in total. The molecule has 0 atom stereocenters. The normalized spacial score (nSPS) is 16.1. The van der Waals surface area contributed by atoms with Crippen LogP contribution in [0.1, 0.15) is 25.0 Å². The molecule has 0 bridgehead atoms. The zero-order valence-corrected chi connectivity index (χ0v) is 8.86. The van der Waals surface area contributed by atoms with Crippen LogP contribution in [0.5, 0.6) is 0 Å². The van der Waals surface area contributed by atoms with Crippen molar-refractivity contribution in [2.24, 2.45) is 7.05 Å². The number of aromatic nitrogens is 2. The smallest absolute Gasteiger partial charge is 0.333 e. The molecule has 1 aromatic heterocycles. The second-order valence-electron chi connectivity index (χ2n) is 3.94. The van der Waals surface area contributed by atoms with E-state index in [9.17, 15) is 10.1 Å². The van der Waals surface area contributed by atoms with Gasteiger partial charge in [0.2, 0.25) is 5.82 Å². The first-order valence-electron chi connectivity index (χ1n) is 5.04. The molecule has 1 N–H and O–H groups in total. The SMILES string of the molecule is Cc1nn(C)c(NC2CCC2)c1[N+](=O)[O-]. The number of hydrogen-bond donors (Lipinski definition) is 1. The number of anilines is 1. The van der Waals surface area contributed by atoms with Gasteiger partial charge in [-0.2, -0.15) is 5.10 Å². The van der Waals surface area contributed by atoms with E-state index in [1.807, 2.05) is 0 Å². The molecule has 0 spiro atoms. The monoisotopic (exact) mass is 210 g/mol. The summed E-state index contributed by atoms with van der Waals surface area (Å²) in [6.07, 6.45) is 3.37. The predicted molar refractivity (Wildman–Crippen MR) is 55.9 cm³/mol. The van der Waals surface area contributed by atoms with Crippen molar-refractivity contribution in [2.45, 2.75) is 32.2 Å². The van der Waals surface area contributed by atoms with E-state index in [1.54, 1.807) is 18.7 Å². The lowest BCUT2D eigenvalue weighted by molar-refractivity contribution is -0.384. The molecule has 0 aromatic carbocycles. The second kappa shape index (κ2) is 3.52. The number of rotatable bonds is 3. The Morgan fingerprint density at radius 3 is 2.73 bits per heavy atom. The van der Waals surface area contributed by atoms with Gasteiger partial charge in [0.1, 0.15) is 5.69 Å². The highest BCUT2D eigenvalue weighted by Crippen LogP contribution is 2.31. The van der Waals surface area contributed by atoms with Crippen molar-refractivity contribution in [3.63, 3.8) is 0 Å². The minimum Gasteiger partial charge on any atom is -0.362 e. The lowest BCUT2D eigenvalue weighted by Gasteiger charge is -2.26. The highest BCUT2D eigenvalue weighted by atomic mass is 16.6. The summed E-state index contributed by atoms with van der Waals surface area (Å²) in [6, 6.07) is 0.374. The molecule has 0 amide bonds. The van der Waals surface area contributed by atoms with Crippen LogP contribution < -0.4 is 5.32 Å². The summed E-state index contributed by atoms with van der Waals surface area (Å²) in [4.78, 5) is 10.5. The zero-order valence-electron chi connectivity index (χ0n) is 8.86. The zero-order chi connectivity index (χ0) is 11.0. The topological polar surface area (TPSA) is 73.0 Å². The molecule has 2 rings (SSSR count). The average Bonchev–Trinajstić information content (AvgIpc) is 2.33. The van der Waals surface area contributed by atoms with Crippen LogP contribution in [-0.2, 0) is 7.05 Å². The van der Waals surface area contributed by atoms with Crippen LogP contribution >= 0.6 is 0 Å². The van der Waals surface area contributed by atoms with E-state index in [0.29, 0.717) is 17.6 Å². The summed E-state index contributed by atoms with van der Waals surface area (Å²) < 4.78 is 1.55. The van der Waals surface area contributed by atoms with Crippen LogP contribution in [0.3, 0.4) is 0 Å². The largest absolute Gasteiger partial charge is 0.362 e. The lowest BCUT2D eigenvalue weighted by Crippen LogP contribution is -2.28. The van der Waals surface area contributed by atoms with Crippen molar-refractivity contribution in [1.29, 1.82) is 0 Å². The fourth-order valence-electron chi connectivity index (χ4n) is 1.77. The van der Waals surface area contributed by atoms with E-state index in [2.05, 4.69) is 10.4 Å². The summed E-state index contributed by atoms with van der Waals surface area (Å²) in [6.45, 7) is 1.66. The van der Waals surface area contributed by atoms with Gasteiger partial charge in [-0.15, -0.1) is 0 Å². The van der Waals surface area contributed by atoms with E-state index in [-0.39, 0.29) is 10.6 Å². The van der Waals surface area contributed by atoms with E-state index < -0.39 is 0 Å². The van der Waals surface area contributed by atoms with E-state index in [0.717, 1.165) is 12.8 Å². The molecule has 0 unspecified atom stereocenters. The Labute approximate surface area is 87.4 Å². The number of aryl methyl sites for hydroxylation is 2. The Bertz CT molecular complexity index is 395. The van der Waals surface area contributed by atoms with Gasteiger partial charge in [0.25, 0.3) is 0 Å². The highest BCUT2D eigenvalue weighted by molar-refractivity contribution is 5.60. The van der Waals surface area contributed by atoms with Gasteiger partial charge in [0.15, 0.2) is 0 Å². The van der Waals surface area contributed by atoms with Gasteiger partial charge in [0.05, 0.1) is 4.92 Å². The quantitative estimate of drug-likeness (QED) is 0.607. The number of nitrogens with zero attached hydrogens (tertiary/aromatic N) is 3. The Hall–Kier alpha value is -1.59. The molecule has 1 aromatic rings.